The Bertz CT molecular complexity index is 390. The van der Waals surface area contributed by atoms with Gasteiger partial charge in [-0.15, -0.1) is 6.42 Å². The van der Waals surface area contributed by atoms with Crippen molar-refractivity contribution in [3.8, 4) is 18.1 Å². The van der Waals surface area contributed by atoms with Gasteiger partial charge in [0.25, 0.3) is 0 Å². The summed E-state index contributed by atoms with van der Waals surface area (Å²) in [6.07, 6.45) is 5.46. The van der Waals surface area contributed by atoms with E-state index in [2.05, 4.69) is 18.2 Å². The fourth-order valence-electron chi connectivity index (χ4n) is 1.68. The molecule has 2 nitrogen and oxygen atoms in total. The average molecular weight is 217 g/mol. The summed E-state index contributed by atoms with van der Waals surface area (Å²) in [5.74, 6) is 3.61. The molecule has 0 bridgehead atoms. The normalized spacial score (nSPS) is 12.9. The maximum Gasteiger partial charge on any atom is 0.123 e. The van der Waals surface area contributed by atoms with Crippen molar-refractivity contribution in [2.75, 3.05) is 7.11 Å². The van der Waals surface area contributed by atoms with Crippen LogP contribution in [0.15, 0.2) is 24.3 Å². The third-order valence-electron chi connectivity index (χ3n) is 2.54. The zero-order valence-electron chi connectivity index (χ0n) is 10.4. The Kier molecular flexibility index (Phi) is 3.98. The molecule has 1 atom stereocenters. The number of hydrogen-bond donors (Lipinski definition) is 1. The Labute approximate surface area is 98.0 Å². The molecule has 1 aromatic rings. The molecule has 0 aliphatic rings. The summed E-state index contributed by atoms with van der Waals surface area (Å²) in [4.78, 5) is 0. The van der Waals surface area contributed by atoms with Crippen LogP contribution in [-0.2, 0) is 0 Å². The van der Waals surface area contributed by atoms with Crippen LogP contribution in [0.4, 0.5) is 0 Å². The van der Waals surface area contributed by atoms with Crippen molar-refractivity contribution >= 4 is 0 Å². The Morgan fingerprint density at radius 1 is 1.38 bits per heavy atom. The van der Waals surface area contributed by atoms with Crippen molar-refractivity contribution in [2.45, 2.75) is 32.4 Å². The number of ether oxygens (including phenoxy) is 1. The second-order valence-electron chi connectivity index (χ2n) is 4.38. The van der Waals surface area contributed by atoms with E-state index in [1.54, 1.807) is 7.11 Å². The van der Waals surface area contributed by atoms with E-state index in [1.165, 1.54) is 0 Å². The van der Waals surface area contributed by atoms with Crippen molar-refractivity contribution in [3.63, 3.8) is 0 Å². The highest BCUT2D eigenvalue weighted by atomic mass is 16.5. The lowest BCUT2D eigenvalue weighted by Gasteiger charge is -2.26. The smallest absolute Gasteiger partial charge is 0.123 e. The minimum Gasteiger partial charge on any atom is -0.496 e. The largest absolute Gasteiger partial charge is 0.496 e. The molecule has 0 fully saturated rings. The van der Waals surface area contributed by atoms with Gasteiger partial charge in [-0.2, -0.15) is 0 Å². The zero-order valence-corrected chi connectivity index (χ0v) is 10.4. The molecular formula is C14H19NO. The van der Waals surface area contributed by atoms with E-state index in [-0.39, 0.29) is 11.6 Å². The number of benzene rings is 1. The van der Waals surface area contributed by atoms with E-state index in [0.717, 1.165) is 11.3 Å². The summed E-state index contributed by atoms with van der Waals surface area (Å²) in [5, 5.41) is 3.38. The van der Waals surface area contributed by atoms with Gasteiger partial charge in [0.05, 0.1) is 12.6 Å². The van der Waals surface area contributed by atoms with Crippen LogP contribution >= 0.6 is 0 Å². The fraction of sp³-hybridized carbons (Fsp3) is 0.429. The standard InChI is InChI=1S/C14H19NO/c1-6-14(3,4)15-11(2)12-9-7-8-10-13(12)16-5/h1,7-11,15H,2-5H3. The van der Waals surface area contributed by atoms with E-state index in [1.807, 2.05) is 38.1 Å². The number of para-hydroxylation sites is 1. The number of nitrogens with one attached hydrogen (secondary N) is 1. The molecule has 0 heterocycles. The van der Waals surface area contributed by atoms with E-state index in [9.17, 15) is 0 Å². The van der Waals surface area contributed by atoms with Crippen molar-refractivity contribution in [3.05, 3.63) is 29.8 Å². The first-order valence-corrected chi connectivity index (χ1v) is 5.38. The summed E-state index contributed by atoms with van der Waals surface area (Å²) in [6, 6.07) is 8.11. The summed E-state index contributed by atoms with van der Waals surface area (Å²) < 4.78 is 5.32. The first-order chi connectivity index (χ1) is 7.50. The average Bonchev–Trinajstić information content (AvgIpc) is 2.28. The van der Waals surface area contributed by atoms with E-state index in [4.69, 9.17) is 11.2 Å². The predicted octanol–water partition coefficient (Wildman–Crippen LogP) is 2.76. The van der Waals surface area contributed by atoms with Gasteiger partial charge in [-0.3, -0.25) is 5.32 Å². The molecule has 0 aromatic heterocycles. The molecule has 0 spiro atoms. The quantitative estimate of drug-likeness (QED) is 0.783. The van der Waals surface area contributed by atoms with Crippen LogP contribution in [0.25, 0.3) is 0 Å². The van der Waals surface area contributed by atoms with Gasteiger partial charge >= 0.3 is 0 Å². The summed E-state index contributed by atoms with van der Waals surface area (Å²) in [5.41, 5.74) is 0.800. The summed E-state index contributed by atoms with van der Waals surface area (Å²) >= 11 is 0. The minimum absolute atomic E-state index is 0.155. The van der Waals surface area contributed by atoms with Crippen LogP contribution in [0, 0.1) is 12.3 Å². The van der Waals surface area contributed by atoms with Gasteiger partial charge in [0.1, 0.15) is 5.75 Å². The second-order valence-corrected chi connectivity index (χ2v) is 4.38. The number of hydrogen-bond acceptors (Lipinski definition) is 2. The Morgan fingerprint density at radius 3 is 2.56 bits per heavy atom. The van der Waals surface area contributed by atoms with Crippen LogP contribution in [0.1, 0.15) is 32.4 Å². The van der Waals surface area contributed by atoms with Gasteiger partial charge in [-0.25, -0.2) is 0 Å². The first-order valence-electron chi connectivity index (χ1n) is 5.38. The lowest BCUT2D eigenvalue weighted by molar-refractivity contribution is 0.385. The number of methoxy groups -OCH3 is 1. The van der Waals surface area contributed by atoms with Gasteiger partial charge in [-0.05, 0) is 26.8 Å². The molecule has 1 rings (SSSR count). The van der Waals surface area contributed by atoms with E-state index < -0.39 is 0 Å². The molecule has 1 unspecified atom stereocenters. The topological polar surface area (TPSA) is 21.3 Å². The third kappa shape index (κ3) is 3.01. The predicted molar refractivity (Wildman–Crippen MR) is 67.5 cm³/mol. The Morgan fingerprint density at radius 2 is 2.00 bits per heavy atom. The molecule has 0 radical (unpaired) electrons. The molecule has 1 N–H and O–H groups in total. The van der Waals surface area contributed by atoms with Crippen LogP contribution in [0.3, 0.4) is 0 Å². The van der Waals surface area contributed by atoms with Gasteiger partial charge in [-0.1, -0.05) is 24.1 Å². The minimum atomic E-state index is -0.319. The molecule has 2 heteroatoms. The van der Waals surface area contributed by atoms with E-state index >= 15 is 0 Å². The summed E-state index contributed by atoms with van der Waals surface area (Å²) in [7, 11) is 1.68. The third-order valence-corrected chi connectivity index (χ3v) is 2.54. The van der Waals surface area contributed by atoms with Crippen molar-refractivity contribution < 1.29 is 4.74 Å². The SMILES string of the molecule is C#CC(C)(C)NC(C)c1ccccc1OC. The Hall–Kier alpha value is -1.46. The number of terminal acetylenes is 1. The molecule has 0 aliphatic carbocycles. The molecular weight excluding hydrogens is 198 g/mol. The van der Waals surface area contributed by atoms with Gasteiger partial charge in [0.2, 0.25) is 0 Å². The summed E-state index contributed by atoms with van der Waals surface area (Å²) in [6.45, 7) is 6.05. The van der Waals surface area contributed by atoms with Gasteiger partial charge < -0.3 is 4.74 Å². The van der Waals surface area contributed by atoms with Crippen molar-refractivity contribution in [2.24, 2.45) is 0 Å². The molecule has 0 aliphatic heterocycles. The van der Waals surface area contributed by atoms with Crippen LogP contribution < -0.4 is 10.1 Å². The molecule has 1 aromatic carbocycles. The van der Waals surface area contributed by atoms with Gasteiger partial charge in [0, 0.05) is 11.6 Å². The van der Waals surface area contributed by atoms with Crippen LogP contribution in [-0.4, -0.2) is 12.6 Å². The first kappa shape index (κ1) is 12.6. The van der Waals surface area contributed by atoms with Crippen LogP contribution in [0.2, 0.25) is 0 Å². The highest BCUT2D eigenvalue weighted by molar-refractivity contribution is 5.36. The van der Waals surface area contributed by atoms with Crippen molar-refractivity contribution in [1.29, 1.82) is 0 Å². The monoisotopic (exact) mass is 217 g/mol. The highest BCUT2D eigenvalue weighted by Crippen LogP contribution is 2.25. The second kappa shape index (κ2) is 5.05. The molecule has 0 saturated heterocycles. The maximum absolute atomic E-state index is 5.46. The lowest BCUT2D eigenvalue weighted by Crippen LogP contribution is -2.39. The maximum atomic E-state index is 5.46. The van der Waals surface area contributed by atoms with E-state index in [0.29, 0.717) is 0 Å². The molecule has 0 saturated carbocycles. The van der Waals surface area contributed by atoms with Gasteiger partial charge in [0.15, 0.2) is 0 Å². The van der Waals surface area contributed by atoms with Crippen LogP contribution in [0.5, 0.6) is 5.75 Å². The fourth-order valence-corrected chi connectivity index (χ4v) is 1.68. The molecule has 0 amide bonds. The zero-order chi connectivity index (χ0) is 12.2. The lowest BCUT2D eigenvalue weighted by atomic mass is 10.0. The Balaban J connectivity index is 2.89. The highest BCUT2D eigenvalue weighted by Gasteiger charge is 2.19. The molecule has 16 heavy (non-hydrogen) atoms. The van der Waals surface area contributed by atoms with Crippen molar-refractivity contribution in [1.82, 2.24) is 5.32 Å². The molecule has 86 valence electrons. The number of rotatable bonds is 4.